The van der Waals surface area contributed by atoms with Gasteiger partial charge < -0.3 is 0 Å². The first-order valence-electron chi connectivity index (χ1n) is 6.44. The van der Waals surface area contributed by atoms with Gasteiger partial charge in [-0.15, -0.1) is 0 Å². The Labute approximate surface area is 98.6 Å². The van der Waals surface area contributed by atoms with Crippen molar-refractivity contribution in [2.24, 2.45) is 17.8 Å². The van der Waals surface area contributed by atoms with Gasteiger partial charge in [0, 0.05) is 0 Å². The molecule has 0 aromatic rings. The molecule has 1 heteroatoms. The molecule has 2 aliphatic rings. The lowest BCUT2D eigenvalue weighted by molar-refractivity contribution is -0.104. The van der Waals surface area contributed by atoms with Crippen molar-refractivity contribution in [2.45, 2.75) is 46.5 Å². The van der Waals surface area contributed by atoms with E-state index >= 15 is 0 Å². The van der Waals surface area contributed by atoms with Crippen molar-refractivity contribution in [3.05, 3.63) is 22.8 Å². The molecule has 88 valence electrons. The highest BCUT2D eigenvalue weighted by molar-refractivity contribution is 5.72. The van der Waals surface area contributed by atoms with Crippen molar-refractivity contribution in [3.63, 3.8) is 0 Å². The maximum Gasteiger partial charge on any atom is 0.145 e. The second-order valence-corrected chi connectivity index (χ2v) is 5.66. The molecule has 1 fully saturated rings. The van der Waals surface area contributed by atoms with Crippen molar-refractivity contribution in [1.82, 2.24) is 0 Å². The minimum Gasteiger partial charge on any atom is -0.298 e. The Balaban J connectivity index is 2.16. The average molecular weight is 218 g/mol. The van der Waals surface area contributed by atoms with Gasteiger partial charge in [-0.3, -0.25) is 4.79 Å². The zero-order valence-electron chi connectivity index (χ0n) is 10.6. The zero-order chi connectivity index (χ0) is 11.7. The molecular formula is C15H22O. The molecule has 0 amide bonds. The molecule has 3 unspecified atom stereocenters. The van der Waals surface area contributed by atoms with Gasteiger partial charge in [0.2, 0.25) is 0 Å². The lowest BCUT2D eigenvalue weighted by atomic mass is 9.72. The van der Waals surface area contributed by atoms with Crippen molar-refractivity contribution >= 4 is 6.29 Å². The largest absolute Gasteiger partial charge is 0.298 e. The third-order valence-electron chi connectivity index (χ3n) is 4.35. The predicted octanol–water partition coefficient (Wildman–Crippen LogP) is 3.90. The highest BCUT2D eigenvalue weighted by Gasteiger charge is 2.34. The molecule has 3 atom stereocenters. The molecule has 2 aliphatic carbocycles. The summed E-state index contributed by atoms with van der Waals surface area (Å²) in [4.78, 5) is 10.7. The minimum absolute atomic E-state index is 0.597. The van der Waals surface area contributed by atoms with Gasteiger partial charge in [-0.05, 0) is 62.9 Å². The monoisotopic (exact) mass is 218 g/mol. The molecule has 0 saturated heterocycles. The number of aldehydes is 1. The Morgan fingerprint density at radius 3 is 2.88 bits per heavy atom. The molecule has 16 heavy (non-hydrogen) atoms. The second kappa shape index (κ2) is 4.57. The molecule has 1 saturated carbocycles. The van der Waals surface area contributed by atoms with Crippen LogP contribution in [0, 0.1) is 17.8 Å². The molecular weight excluding hydrogens is 196 g/mol. The van der Waals surface area contributed by atoms with Crippen LogP contribution in [0.3, 0.4) is 0 Å². The van der Waals surface area contributed by atoms with Crippen LogP contribution in [0.2, 0.25) is 0 Å². The van der Waals surface area contributed by atoms with E-state index in [1.165, 1.54) is 25.7 Å². The summed E-state index contributed by atoms with van der Waals surface area (Å²) in [7, 11) is 0. The maximum atomic E-state index is 10.7. The topological polar surface area (TPSA) is 17.1 Å². The number of rotatable bonds is 2. The van der Waals surface area contributed by atoms with E-state index in [9.17, 15) is 4.79 Å². The van der Waals surface area contributed by atoms with Crippen molar-refractivity contribution in [2.75, 3.05) is 0 Å². The number of hydrogen-bond acceptors (Lipinski definition) is 1. The smallest absolute Gasteiger partial charge is 0.145 e. The fourth-order valence-corrected chi connectivity index (χ4v) is 3.52. The Morgan fingerprint density at radius 1 is 1.44 bits per heavy atom. The number of carbonyl (C=O) groups is 1. The second-order valence-electron chi connectivity index (χ2n) is 5.66. The molecule has 0 radical (unpaired) electrons. The summed E-state index contributed by atoms with van der Waals surface area (Å²) in [6, 6.07) is 0. The van der Waals surface area contributed by atoms with Gasteiger partial charge in [-0.1, -0.05) is 24.1 Å². The summed E-state index contributed by atoms with van der Waals surface area (Å²) in [6.07, 6.45) is 8.28. The van der Waals surface area contributed by atoms with Crippen LogP contribution in [-0.4, -0.2) is 6.29 Å². The predicted molar refractivity (Wildman–Crippen MR) is 67.1 cm³/mol. The highest BCUT2D eigenvalue weighted by atomic mass is 16.1. The SMILES string of the molecule is CC(C=O)=CC1CC2=C(C)CCC2C(C)C1. The fourth-order valence-electron chi connectivity index (χ4n) is 3.52. The molecule has 0 N–H and O–H groups in total. The molecule has 0 heterocycles. The van der Waals surface area contributed by atoms with E-state index in [2.05, 4.69) is 19.9 Å². The lowest BCUT2D eigenvalue weighted by Crippen LogP contribution is -2.22. The molecule has 0 aromatic carbocycles. The average Bonchev–Trinajstić information content (AvgIpc) is 2.61. The van der Waals surface area contributed by atoms with Crippen LogP contribution >= 0.6 is 0 Å². The molecule has 2 rings (SSSR count). The van der Waals surface area contributed by atoms with Crippen LogP contribution in [0.4, 0.5) is 0 Å². The minimum atomic E-state index is 0.597. The third kappa shape index (κ3) is 2.14. The van der Waals surface area contributed by atoms with E-state index in [-0.39, 0.29) is 0 Å². The van der Waals surface area contributed by atoms with Gasteiger partial charge in [0.1, 0.15) is 6.29 Å². The van der Waals surface area contributed by atoms with Crippen molar-refractivity contribution < 1.29 is 4.79 Å². The van der Waals surface area contributed by atoms with E-state index in [0.717, 1.165) is 23.7 Å². The number of fused-ring (bicyclic) bond motifs is 1. The van der Waals surface area contributed by atoms with E-state index in [1.54, 1.807) is 11.1 Å². The summed E-state index contributed by atoms with van der Waals surface area (Å²) in [5, 5.41) is 0. The van der Waals surface area contributed by atoms with Crippen LogP contribution in [0.5, 0.6) is 0 Å². The standard InChI is InChI=1S/C15H22O/c1-10(9-16)6-13-7-12(3)14-5-4-11(2)15(14)8-13/h6,9,12-14H,4-5,7-8H2,1-3H3. The van der Waals surface area contributed by atoms with Crippen LogP contribution in [-0.2, 0) is 4.79 Å². The summed E-state index contributed by atoms with van der Waals surface area (Å²) < 4.78 is 0. The zero-order valence-corrected chi connectivity index (χ0v) is 10.6. The van der Waals surface area contributed by atoms with Crippen LogP contribution in [0.1, 0.15) is 46.5 Å². The summed E-state index contributed by atoms with van der Waals surface area (Å²) >= 11 is 0. The van der Waals surface area contributed by atoms with Gasteiger partial charge >= 0.3 is 0 Å². The van der Waals surface area contributed by atoms with Crippen LogP contribution in [0.25, 0.3) is 0 Å². The highest BCUT2D eigenvalue weighted by Crippen LogP contribution is 2.47. The quantitative estimate of drug-likeness (QED) is 0.390. The lowest BCUT2D eigenvalue weighted by Gasteiger charge is -2.33. The Bertz CT molecular complexity index is 348. The maximum absolute atomic E-state index is 10.7. The van der Waals surface area contributed by atoms with E-state index < -0.39 is 0 Å². The van der Waals surface area contributed by atoms with Gasteiger partial charge in [-0.25, -0.2) is 0 Å². The van der Waals surface area contributed by atoms with Gasteiger partial charge in [0.15, 0.2) is 0 Å². The van der Waals surface area contributed by atoms with E-state index in [1.807, 2.05) is 6.92 Å². The first kappa shape index (κ1) is 11.6. The summed E-state index contributed by atoms with van der Waals surface area (Å²) in [5.41, 5.74) is 4.23. The van der Waals surface area contributed by atoms with Gasteiger partial charge in [-0.2, -0.15) is 0 Å². The number of hydrogen-bond donors (Lipinski definition) is 0. The number of allylic oxidation sites excluding steroid dienone is 4. The Kier molecular flexibility index (Phi) is 3.32. The summed E-state index contributed by atoms with van der Waals surface area (Å²) in [5.74, 6) is 2.24. The molecule has 0 bridgehead atoms. The van der Waals surface area contributed by atoms with Crippen molar-refractivity contribution in [3.8, 4) is 0 Å². The van der Waals surface area contributed by atoms with Gasteiger partial charge in [0.25, 0.3) is 0 Å². The Hall–Kier alpha value is -0.850. The summed E-state index contributed by atoms with van der Waals surface area (Å²) in [6.45, 7) is 6.58. The fraction of sp³-hybridized carbons (Fsp3) is 0.667. The van der Waals surface area contributed by atoms with Crippen LogP contribution in [0.15, 0.2) is 22.8 Å². The first-order chi connectivity index (χ1) is 7.61. The Morgan fingerprint density at radius 2 is 2.19 bits per heavy atom. The first-order valence-corrected chi connectivity index (χ1v) is 6.44. The van der Waals surface area contributed by atoms with Gasteiger partial charge in [0.05, 0.1) is 0 Å². The van der Waals surface area contributed by atoms with Crippen molar-refractivity contribution in [1.29, 1.82) is 0 Å². The van der Waals surface area contributed by atoms with Crippen LogP contribution < -0.4 is 0 Å². The number of carbonyl (C=O) groups excluding carboxylic acids is 1. The molecule has 0 aromatic heterocycles. The third-order valence-corrected chi connectivity index (χ3v) is 4.35. The molecule has 0 spiro atoms. The normalized spacial score (nSPS) is 35.2. The molecule has 0 aliphatic heterocycles. The van der Waals surface area contributed by atoms with E-state index in [0.29, 0.717) is 5.92 Å². The molecule has 1 nitrogen and oxygen atoms in total. The van der Waals surface area contributed by atoms with E-state index in [4.69, 9.17) is 0 Å².